The molecule has 35 heteroatoms. The molecule has 0 amide bonds. The number of aromatic nitrogens is 4. The Morgan fingerprint density at radius 1 is 0.377 bits per heavy atom. The maximum absolute atomic E-state index is 12.6. The monoisotopic (exact) mass is 2010 g/mol. The van der Waals surface area contributed by atoms with Crippen LogP contribution in [0.3, 0.4) is 0 Å². The quantitative estimate of drug-likeness (QED) is 0.0168. The van der Waals surface area contributed by atoms with Gasteiger partial charge in [-0.1, -0.05) is 143 Å². The number of hydrogen-bond donors (Lipinski definition) is 8. The first-order valence-corrected chi connectivity index (χ1v) is 52.4. The van der Waals surface area contributed by atoms with Gasteiger partial charge in [0.15, 0.2) is 12.1 Å². The van der Waals surface area contributed by atoms with Gasteiger partial charge in [0.25, 0.3) is 0 Å². The molecule has 13 heterocycles. The number of aromatic amines is 4. The normalized spacial score (nSPS) is 16.2. The molecule has 0 aliphatic carbocycles. The summed E-state index contributed by atoms with van der Waals surface area (Å²) >= 11 is 14.0. The maximum atomic E-state index is 12.6. The molecule has 0 bridgehead atoms. The number of carbonyl (C=O) groups is 2. The third-order valence-corrected chi connectivity index (χ3v) is 34.3. The molecule has 9 aliphatic rings. The van der Waals surface area contributed by atoms with Crippen LogP contribution in [0.25, 0.3) is 45.0 Å². The van der Waals surface area contributed by atoms with Gasteiger partial charge in [-0.15, -0.1) is 0 Å². The predicted molar refractivity (Wildman–Crippen MR) is 558 cm³/mol. The highest BCUT2D eigenvalue weighted by Gasteiger charge is 2.31. The summed E-state index contributed by atoms with van der Waals surface area (Å²) < 4.78 is 41.8. The van der Waals surface area contributed by atoms with Crippen molar-refractivity contribution in [2.45, 2.75) is 143 Å². The number of methoxy groups -OCH3 is 4. The number of nitrogen functional groups attached to an aromatic ring is 1. The number of anilines is 8. The molecule has 138 heavy (non-hydrogen) atoms. The van der Waals surface area contributed by atoms with Gasteiger partial charge >= 0.3 is 0 Å². The van der Waals surface area contributed by atoms with E-state index in [2.05, 4.69) is 216 Å². The summed E-state index contributed by atoms with van der Waals surface area (Å²) in [6.45, 7) is 22.9. The van der Waals surface area contributed by atoms with E-state index >= 15 is 0 Å². The molecule has 9 aliphatic heterocycles. The number of nitrogens with zero attached hydrogens (tertiary/aromatic N) is 5. The van der Waals surface area contributed by atoms with Crippen LogP contribution in [0, 0.1) is 0 Å². The van der Waals surface area contributed by atoms with E-state index in [-0.39, 0.29) is 46.4 Å². The third kappa shape index (κ3) is 24.6. The van der Waals surface area contributed by atoms with Crippen LogP contribution in [0.5, 0.6) is 0 Å². The van der Waals surface area contributed by atoms with Crippen molar-refractivity contribution in [3.63, 3.8) is 0 Å². The number of Topliss-reactive ketones (excluding diaryl/α,β-unsaturated/α-hetero) is 1. The van der Waals surface area contributed by atoms with Crippen molar-refractivity contribution in [3.8, 4) is 45.0 Å². The number of ether oxygens (including phenoxy) is 8. The molecule has 3 unspecified atom stereocenters. The van der Waals surface area contributed by atoms with Crippen molar-refractivity contribution in [1.29, 1.82) is 0 Å². The lowest BCUT2D eigenvalue weighted by Gasteiger charge is -2.33. The zero-order valence-electron chi connectivity index (χ0n) is 77.9. The van der Waals surface area contributed by atoms with Crippen molar-refractivity contribution in [3.05, 3.63) is 236 Å². The molecule has 0 saturated carbocycles. The van der Waals surface area contributed by atoms with E-state index < -0.39 is 6.29 Å². The Labute approximate surface area is 835 Å². The van der Waals surface area contributed by atoms with Crippen molar-refractivity contribution in [1.82, 2.24) is 24.8 Å². The molecule has 3 atom stereocenters. The first-order valence-electron chi connectivity index (χ1n) is 45.8. The molecule has 21 rings (SSSR count). The Kier molecular flexibility index (Phi) is 33.7. The molecule has 8 aromatic carbocycles. The fraction of sp³-hybridized carbons (Fsp3) is 0.320. The van der Waals surface area contributed by atoms with E-state index in [4.69, 9.17) is 34.2 Å². The van der Waals surface area contributed by atoms with E-state index in [0.29, 0.717) is 58.9 Å². The van der Waals surface area contributed by atoms with Crippen LogP contribution < -0.4 is 63.5 Å². The highest BCUT2D eigenvalue weighted by atomic mass is 32.2. The number of likely N-dealkylation sites (tertiary alicyclic amines) is 1. The van der Waals surface area contributed by atoms with E-state index in [1.165, 1.54) is 100 Å². The first-order chi connectivity index (χ1) is 67.2. The number of nitrogens with two attached hydrogens (primary N) is 1. The molecule has 5 fully saturated rings. The van der Waals surface area contributed by atoms with E-state index in [1.54, 1.807) is 121 Å². The maximum Gasteiger partial charge on any atom is 0.250 e. The van der Waals surface area contributed by atoms with Crippen LogP contribution in [-0.2, 0) is 47.5 Å². The van der Waals surface area contributed by atoms with Crippen molar-refractivity contribution in [2.75, 3.05) is 195 Å². The zero-order valence-corrected chi connectivity index (χ0v) is 84.4. The number of pyridine rings is 4. The van der Waals surface area contributed by atoms with Crippen LogP contribution in [0.2, 0.25) is 0 Å². The molecule has 12 aromatic rings. The summed E-state index contributed by atoms with van der Waals surface area (Å²) in [5.74, 6) is -0.116. The number of H-pyrrole nitrogens is 4. The number of nitrogens with one attached hydrogen (secondary N) is 7. The number of benzene rings is 8. The summed E-state index contributed by atoms with van der Waals surface area (Å²) in [4.78, 5) is 114. The third-order valence-electron chi connectivity index (χ3n) is 23.9. The fourth-order valence-electron chi connectivity index (χ4n) is 17.1. The van der Waals surface area contributed by atoms with Crippen LogP contribution in [0.15, 0.2) is 292 Å². The topological polar surface area (TPSA) is 318 Å². The van der Waals surface area contributed by atoms with Gasteiger partial charge in [0.05, 0.1) is 87.7 Å². The molecular formula is C103H111N13O14S8. The highest BCUT2D eigenvalue weighted by molar-refractivity contribution is 8.06. The number of hydrogen-bond acceptors (Lipinski definition) is 31. The average molecular weight is 2010 g/mol. The van der Waals surface area contributed by atoms with Crippen molar-refractivity contribution >= 4 is 152 Å². The van der Waals surface area contributed by atoms with Gasteiger partial charge in [0.2, 0.25) is 28.5 Å². The van der Waals surface area contributed by atoms with Gasteiger partial charge in [0, 0.05) is 264 Å². The van der Waals surface area contributed by atoms with E-state index in [0.717, 1.165) is 175 Å². The summed E-state index contributed by atoms with van der Waals surface area (Å²) in [6, 6.07) is 65.6. The second kappa shape index (κ2) is 46.9. The Morgan fingerprint density at radius 2 is 0.688 bits per heavy atom. The molecule has 720 valence electrons. The second-order valence-corrected chi connectivity index (χ2v) is 42.4. The first kappa shape index (κ1) is 99.3. The Balaban J connectivity index is 0.000000124. The van der Waals surface area contributed by atoms with Gasteiger partial charge in [-0.05, 0) is 169 Å². The Hall–Kier alpha value is -10.3. The zero-order chi connectivity index (χ0) is 95.9. The molecule has 4 aromatic heterocycles. The molecule has 0 radical (unpaired) electrons. The van der Waals surface area contributed by atoms with Gasteiger partial charge in [-0.2, -0.15) is 0 Å². The van der Waals surface area contributed by atoms with Crippen LogP contribution in [-0.4, -0.2) is 221 Å². The van der Waals surface area contributed by atoms with Gasteiger partial charge in [0.1, 0.15) is 6.29 Å². The minimum atomic E-state index is -0.685. The van der Waals surface area contributed by atoms with Crippen molar-refractivity contribution in [2.24, 2.45) is 0 Å². The summed E-state index contributed by atoms with van der Waals surface area (Å²) in [6.07, 6.45) is 1.21. The SMILES string of the molecule is CC(C=O)Nc1ccc2c(c1)Sc1cccc(-c3cc(N4CCOCC4)cc(=O)[nH]3)c1S2.CC(CN1CCC1)Nc1ccc2c(c1)Sc1cccc(-c3cc(N4CCOCC4)cc(=O)[nH]3)c1S2.COC(OC)C(C)=O.COC(OC)C(C)Nc1ccc2c(c1)Sc1cccc(-c3cc(N4CCOCC4)cc(=O)[nH]3)c1S2.Nc1ccc2c(c1)Sc1cccc(-c3cc(N4CCOCC4)cc(=O)[nH]3)c1S2. The Bertz CT molecular complexity index is 6610. The van der Waals surface area contributed by atoms with Crippen molar-refractivity contribution < 1.29 is 47.5 Å². The highest BCUT2D eigenvalue weighted by Crippen LogP contribution is 2.57. The van der Waals surface area contributed by atoms with Gasteiger partial charge in [-0.3, -0.25) is 24.0 Å². The van der Waals surface area contributed by atoms with Gasteiger partial charge in [-0.25, -0.2) is 0 Å². The summed E-state index contributed by atoms with van der Waals surface area (Å²) in [7, 11) is 6.14. The minimum Gasteiger partial charge on any atom is -0.399 e. The lowest BCUT2D eigenvalue weighted by molar-refractivity contribution is -0.154. The summed E-state index contributed by atoms with van der Waals surface area (Å²) in [5.41, 5.74) is 20.8. The number of ketones is 1. The van der Waals surface area contributed by atoms with E-state index in [1.807, 2.05) is 55.9 Å². The number of carbonyl (C=O) groups excluding carboxylic acids is 2. The largest absolute Gasteiger partial charge is 0.399 e. The van der Waals surface area contributed by atoms with E-state index in [9.17, 15) is 28.8 Å². The lowest BCUT2D eigenvalue weighted by Crippen LogP contribution is -2.43. The smallest absolute Gasteiger partial charge is 0.250 e. The number of aldehydes is 1. The Morgan fingerprint density at radius 3 is 0.978 bits per heavy atom. The van der Waals surface area contributed by atoms with Gasteiger partial charge < -0.3 is 109 Å². The number of rotatable bonds is 23. The van der Waals surface area contributed by atoms with Crippen LogP contribution in [0.4, 0.5) is 45.5 Å². The number of morpholine rings is 4. The average Bonchev–Trinajstić information content (AvgIpc) is 0.780. The standard InChI is InChI=1S/C27H30N4O2S2.C26H29N3O4S2.C24H23N3O3S2.C21H19N3O2S2.C5H10O3/c1-18(17-30-8-3-9-30)28-19-6-7-23-25(14-19)34-24-5-2-4-21(27(24)35-23)22-15-20(16-26(32)29-22)31-10-12-33-13-11-31;1-16(26(31-2)32-3)27-17-7-8-21-23(13-17)34-22-6-4-5-19(25(22)35-21)20-14-18(15-24(30)28-20)29-9-11-33-12-10-29;1-15(14-28)25-16-5-6-20-22(11-16)31-21-4-2-3-18(24(21)32-20)19-12-17(13-23(29)26-19)27-7-9-30-10-8-27;22-13-4-5-17-19(10-13)27-18-3-1-2-15(21(18)28-17)16-11-14(12-20(25)23-16)24-6-8-26-9-7-24;1-4(6)5(7-2)8-3/h2,4-7,14-16,18,28H,3,8-13,17H2,1H3,(H,29,32);4-8,13-16,26-27H,9-12H2,1-3H3,(H,28,30);2-6,11-15,25H,7-10H2,1H3,(H,26,29);1-5,10-12H,6-9,22H2,(H,23,25);5H,1-3H3. The summed E-state index contributed by atoms with van der Waals surface area (Å²) in [5, 5.41) is 10.4. The molecule has 27 nitrogen and oxygen atoms in total. The fourth-order valence-corrected chi connectivity index (χ4v) is 26.8. The minimum absolute atomic E-state index is 0.00116. The molecule has 9 N–H and O–H groups in total. The molecule has 0 spiro atoms. The molecular weight excluding hydrogens is 1900 g/mol. The van der Waals surface area contributed by atoms with Crippen LogP contribution in [0.1, 0.15) is 34.1 Å². The van der Waals surface area contributed by atoms with Crippen LogP contribution >= 0.6 is 94.1 Å². The second-order valence-electron chi connectivity index (χ2n) is 33.9. The number of fused-ring (bicyclic) bond motifs is 8. The predicted octanol–water partition coefficient (Wildman–Crippen LogP) is 18.7. The lowest BCUT2D eigenvalue weighted by atomic mass is 10.1. The molecule has 5 saturated heterocycles.